The second kappa shape index (κ2) is 8.72. The Morgan fingerprint density at radius 3 is 2.81 bits per heavy atom. The zero-order valence-electron chi connectivity index (χ0n) is 15.1. The number of carbonyl (C=O) groups is 1. The molecule has 26 heavy (non-hydrogen) atoms. The minimum Gasteiger partial charge on any atom is -0.380 e. The lowest BCUT2D eigenvalue weighted by molar-refractivity contribution is -0.135. The Hall–Kier alpha value is -1.81. The van der Waals surface area contributed by atoms with Crippen molar-refractivity contribution in [1.29, 1.82) is 0 Å². The molecule has 1 aliphatic rings. The van der Waals surface area contributed by atoms with Gasteiger partial charge in [-0.3, -0.25) is 9.69 Å². The van der Waals surface area contributed by atoms with Gasteiger partial charge in [0.05, 0.1) is 23.4 Å². The van der Waals surface area contributed by atoms with Crippen LogP contribution in [0.15, 0.2) is 22.0 Å². The summed E-state index contributed by atoms with van der Waals surface area (Å²) >= 11 is 1.59. The Morgan fingerprint density at radius 1 is 1.42 bits per heavy atom. The molecule has 0 aromatic carbocycles. The summed E-state index contributed by atoms with van der Waals surface area (Å²) in [6.45, 7) is 5.29. The number of thiophene rings is 1. The van der Waals surface area contributed by atoms with Crippen LogP contribution in [0.25, 0.3) is 10.7 Å². The average molecular weight is 379 g/mol. The maximum Gasteiger partial charge on any atom is 0.244 e. The molecule has 3 rings (SSSR count). The van der Waals surface area contributed by atoms with E-state index in [9.17, 15) is 4.79 Å². The zero-order chi connectivity index (χ0) is 18.5. The van der Waals surface area contributed by atoms with E-state index in [1.165, 1.54) is 0 Å². The lowest BCUT2D eigenvalue weighted by Gasteiger charge is -2.37. The van der Waals surface area contributed by atoms with Gasteiger partial charge in [-0.25, -0.2) is 0 Å². The third-order valence-corrected chi connectivity index (χ3v) is 5.62. The largest absolute Gasteiger partial charge is 0.380 e. The first-order valence-corrected chi connectivity index (χ1v) is 9.62. The number of piperazine rings is 1. The zero-order valence-corrected chi connectivity index (χ0v) is 15.9. The fraction of sp³-hybridized carbons (Fsp3) is 0.588. The summed E-state index contributed by atoms with van der Waals surface area (Å²) in [6, 6.07) is 3.96. The number of hydrogen-bond acceptors (Lipinski definition) is 8. The highest BCUT2D eigenvalue weighted by Crippen LogP contribution is 2.26. The second-order valence-electron chi connectivity index (χ2n) is 6.32. The van der Waals surface area contributed by atoms with Gasteiger partial charge in [0.25, 0.3) is 0 Å². The van der Waals surface area contributed by atoms with Crippen LogP contribution < -0.4 is 5.73 Å². The lowest BCUT2D eigenvalue weighted by Crippen LogP contribution is -2.50. The number of aromatic nitrogens is 2. The first-order chi connectivity index (χ1) is 12.6. The molecule has 9 heteroatoms. The van der Waals surface area contributed by atoms with Crippen molar-refractivity contribution < 1.29 is 14.1 Å². The number of ether oxygens (including phenoxy) is 1. The summed E-state index contributed by atoms with van der Waals surface area (Å²) in [6.07, 6.45) is 0.115. The summed E-state index contributed by atoms with van der Waals surface area (Å²) in [5.41, 5.74) is 5.60. The first-order valence-electron chi connectivity index (χ1n) is 8.74. The Morgan fingerprint density at radius 2 is 2.19 bits per heavy atom. The van der Waals surface area contributed by atoms with Crippen molar-refractivity contribution >= 4 is 17.2 Å². The molecule has 2 unspecified atom stereocenters. The van der Waals surface area contributed by atoms with Crippen molar-refractivity contribution in [3.63, 3.8) is 0 Å². The normalized spacial score (nSPS) is 18.0. The Bertz CT molecular complexity index is 693. The lowest BCUT2D eigenvalue weighted by atomic mass is 10.2. The van der Waals surface area contributed by atoms with E-state index in [0.717, 1.165) is 18.0 Å². The van der Waals surface area contributed by atoms with E-state index in [1.54, 1.807) is 18.4 Å². The van der Waals surface area contributed by atoms with E-state index in [4.69, 9.17) is 15.0 Å². The predicted octanol–water partition coefficient (Wildman–Crippen LogP) is 1.37. The number of rotatable bonds is 7. The van der Waals surface area contributed by atoms with Gasteiger partial charge in [-0.2, -0.15) is 4.98 Å². The van der Waals surface area contributed by atoms with Crippen molar-refractivity contribution in [2.75, 3.05) is 39.8 Å². The number of methoxy groups -OCH3 is 1. The monoisotopic (exact) mass is 379 g/mol. The molecule has 3 heterocycles. The van der Waals surface area contributed by atoms with Crippen molar-refractivity contribution in [3.05, 3.63) is 23.4 Å². The maximum absolute atomic E-state index is 12.3. The van der Waals surface area contributed by atoms with E-state index >= 15 is 0 Å². The van der Waals surface area contributed by atoms with Crippen molar-refractivity contribution in [1.82, 2.24) is 19.9 Å². The summed E-state index contributed by atoms with van der Waals surface area (Å²) in [5.74, 6) is 1.33. The van der Waals surface area contributed by atoms with Gasteiger partial charge in [-0.05, 0) is 18.4 Å². The average Bonchev–Trinajstić information content (AvgIpc) is 3.36. The second-order valence-corrected chi connectivity index (χ2v) is 7.27. The molecule has 142 valence electrons. The van der Waals surface area contributed by atoms with Crippen molar-refractivity contribution in [2.45, 2.75) is 25.5 Å². The third kappa shape index (κ3) is 4.29. The third-order valence-electron chi connectivity index (χ3n) is 4.75. The molecule has 0 saturated carbocycles. The fourth-order valence-corrected chi connectivity index (χ4v) is 3.66. The number of amides is 1. The van der Waals surface area contributed by atoms with E-state index in [2.05, 4.69) is 22.0 Å². The van der Waals surface area contributed by atoms with Gasteiger partial charge >= 0.3 is 0 Å². The van der Waals surface area contributed by atoms with Crippen molar-refractivity contribution in [3.8, 4) is 10.7 Å². The van der Waals surface area contributed by atoms with Gasteiger partial charge in [0.2, 0.25) is 17.6 Å². The number of carbonyl (C=O) groups excluding carboxylic acids is 1. The number of hydrogen-bond donors (Lipinski definition) is 1. The van der Waals surface area contributed by atoms with Crippen LogP contribution in [0.2, 0.25) is 0 Å². The molecule has 2 aromatic heterocycles. The molecule has 1 aliphatic heterocycles. The molecule has 2 aromatic rings. The molecule has 1 saturated heterocycles. The van der Waals surface area contributed by atoms with E-state index in [1.807, 2.05) is 22.4 Å². The molecular weight excluding hydrogens is 354 g/mol. The highest BCUT2D eigenvalue weighted by molar-refractivity contribution is 7.13. The van der Waals surface area contributed by atoms with Crippen LogP contribution in [0.1, 0.15) is 25.3 Å². The van der Waals surface area contributed by atoms with Gasteiger partial charge in [-0.15, -0.1) is 11.3 Å². The molecule has 0 spiro atoms. The van der Waals surface area contributed by atoms with E-state index < -0.39 is 0 Å². The first kappa shape index (κ1) is 19.0. The summed E-state index contributed by atoms with van der Waals surface area (Å²) in [4.78, 5) is 22.0. The van der Waals surface area contributed by atoms with Gasteiger partial charge in [0.15, 0.2) is 0 Å². The fourth-order valence-electron chi connectivity index (χ4n) is 3.01. The maximum atomic E-state index is 12.3. The highest BCUT2D eigenvalue weighted by atomic mass is 32.1. The Kier molecular flexibility index (Phi) is 6.36. The molecular formula is C17H25N5O3S. The minimum absolute atomic E-state index is 0.0178. The van der Waals surface area contributed by atoms with Crippen LogP contribution in [-0.2, 0) is 9.53 Å². The van der Waals surface area contributed by atoms with Gasteiger partial charge in [0, 0.05) is 39.8 Å². The Balaban J connectivity index is 1.54. The van der Waals surface area contributed by atoms with Crippen LogP contribution >= 0.6 is 11.3 Å². The number of nitrogens with zero attached hydrogens (tertiary/aromatic N) is 4. The molecule has 8 nitrogen and oxygen atoms in total. The van der Waals surface area contributed by atoms with Gasteiger partial charge < -0.3 is 19.9 Å². The smallest absolute Gasteiger partial charge is 0.244 e. The molecule has 1 amide bonds. The quantitative estimate of drug-likeness (QED) is 0.776. The van der Waals surface area contributed by atoms with Crippen molar-refractivity contribution in [2.24, 2.45) is 5.73 Å². The minimum atomic E-state index is -0.214. The highest BCUT2D eigenvalue weighted by Gasteiger charge is 2.28. The standard InChI is InChI=1S/C17H25N5O3S/c1-12(17-19-16(20-25-17)14-4-3-9-26-14)21-5-7-22(8-6-21)15(23)10-13(11-18)24-2/h3-4,9,12-13H,5-8,10-11,18H2,1-2H3. The summed E-state index contributed by atoms with van der Waals surface area (Å²) in [5, 5.41) is 6.07. The van der Waals surface area contributed by atoms with Crippen LogP contribution in [-0.4, -0.2) is 71.8 Å². The van der Waals surface area contributed by atoms with Crippen LogP contribution in [0.5, 0.6) is 0 Å². The number of nitrogens with two attached hydrogens (primary N) is 1. The van der Waals surface area contributed by atoms with Gasteiger partial charge in [0.1, 0.15) is 0 Å². The van der Waals surface area contributed by atoms with Crippen LogP contribution in [0.4, 0.5) is 0 Å². The predicted molar refractivity (Wildman–Crippen MR) is 98.6 cm³/mol. The molecule has 2 atom stereocenters. The summed E-state index contributed by atoms with van der Waals surface area (Å²) in [7, 11) is 1.58. The van der Waals surface area contributed by atoms with E-state index in [0.29, 0.717) is 37.8 Å². The molecule has 0 radical (unpaired) electrons. The van der Waals surface area contributed by atoms with Crippen LogP contribution in [0, 0.1) is 0 Å². The molecule has 0 aliphatic carbocycles. The van der Waals surface area contributed by atoms with Gasteiger partial charge in [-0.1, -0.05) is 11.2 Å². The molecule has 1 fully saturated rings. The topological polar surface area (TPSA) is 97.7 Å². The summed E-state index contributed by atoms with van der Waals surface area (Å²) < 4.78 is 10.7. The molecule has 0 bridgehead atoms. The van der Waals surface area contributed by atoms with Crippen LogP contribution in [0.3, 0.4) is 0 Å². The molecule has 2 N–H and O–H groups in total. The SMILES string of the molecule is COC(CN)CC(=O)N1CCN(C(C)c2nc(-c3cccs3)no2)CC1. The Labute approximate surface area is 156 Å². The van der Waals surface area contributed by atoms with E-state index in [-0.39, 0.29) is 18.1 Å².